The third-order valence-corrected chi connectivity index (χ3v) is 4.38. The summed E-state index contributed by atoms with van der Waals surface area (Å²) >= 11 is 0. The van der Waals surface area contributed by atoms with Crippen LogP contribution >= 0.6 is 0 Å². The summed E-state index contributed by atoms with van der Waals surface area (Å²) in [5, 5.41) is 16.1. The molecule has 25 heavy (non-hydrogen) atoms. The molecule has 1 atom stereocenters. The normalized spacial score (nSPS) is 17.0. The van der Waals surface area contributed by atoms with E-state index in [0.717, 1.165) is 39.1 Å². The number of hydrogen-bond donors (Lipinski definition) is 2. The second-order valence-corrected chi connectivity index (χ2v) is 6.35. The van der Waals surface area contributed by atoms with E-state index in [4.69, 9.17) is 0 Å². The van der Waals surface area contributed by atoms with Crippen LogP contribution in [-0.4, -0.2) is 74.5 Å². The van der Waals surface area contributed by atoms with E-state index >= 15 is 0 Å². The van der Waals surface area contributed by atoms with E-state index in [1.165, 1.54) is 0 Å². The average molecular weight is 347 g/mol. The molecule has 0 unspecified atom stereocenters. The zero-order valence-electron chi connectivity index (χ0n) is 14.7. The molecule has 1 aliphatic rings. The van der Waals surface area contributed by atoms with Crippen LogP contribution in [0.15, 0.2) is 30.3 Å². The Bertz CT molecular complexity index is 545. The van der Waals surface area contributed by atoms with Gasteiger partial charge in [-0.3, -0.25) is 9.59 Å². The van der Waals surface area contributed by atoms with Crippen LogP contribution in [0.2, 0.25) is 0 Å². The van der Waals surface area contributed by atoms with Crippen LogP contribution in [0.25, 0.3) is 0 Å². The SMILES string of the molecule is CN1CCN(CCCNC(=O)[C@H](NC(=O)C[O])c2ccccc2)CC1. The van der Waals surface area contributed by atoms with Crippen molar-refractivity contribution in [3.63, 3.8) is 0 Å². The largest absolute Gasteiger partial charge is 0.354 e. The summed E-state index contributed by atoms with van der Waals surface area (Å²) in [6.45, 7) is 4.85. The Hall–Kier alpha value is -1.96. The summed E-state index contributed by atoms with van der Waals surface area (Å²) in [6.07, 6.45) is 0.854. The number of amides is 2. The third-order valence-electron chi connectivity index (χ3n) is 4.38. The highest BCUT2D eigenvalue weighted by Gasteiger charge is 2.22. The number of rotatable bonds is 8. The monoisotopic (exact) mass is 347 g/mol. The first-order chi connectivity index (χ1) is 12.1. The molecule has 1 aromatic rings. The molecule has 2 rings (SSSR count). The van der Waals surface area contributed by atoms with Gasteiger partial charge in [-0.25, -0.2) is 5.11 Å². The van der Waals surface area contributed by atoms with Gasteiger partial charge in [0.1, 0.15) is 6.04 Å². The molecular weight excluding hydrogens is 320 g/mol. The van der Waals surface area contributed by atoms with Gasteiger partial charge in [0.2, 0.25) is 11.8 Å². The Balaban J connectivity index is 1.80. The van der Waals surface area contributed by atoms with Crippen molar-refractivity contribution in [1.82, 2.24) is 20.4 Å². The number of nitrogens with one attached hydrogen (secondary N) is 2. The van der Waals surface area contributed by atoms with Crippen molar-refractivity contribution in [3.8, 4) is 0 Å². The topological polar surface area (TPSA) is 84.6 Å². The maximum Gasteiger partial charge on any atom is 0.250 e. The summed E-state index contributed by atoms with van der Waals surface area (Å²) in [5.74, 6) is -0.965. The van der Waals surface area contributed by atoms with Gasteiger partial charge >= 0.3 is 0 Å². The van der Waals surface area contributed by atoms with Gasteiger partial charge in [-0.15, -0.1) is 0 Å². The molecule has 0 aromatic heterocycles. The fourth-order valence-corrected chi connectivity index (χ4v) is 2.84. The van der Waals surface area contributed by atoms with E-state index in [1.807, 2.05) is 6.07 Å². The molecule has 1 fully saturated rings. The van der Waals surface area contributed by atoms with Crippen LogP contribution in [0.4, 0.5) is 0 Å². The van der Waals surface area contributed by atoms with Crippen LogP contribution < -0.4 is 10.6 Å². The summed E-state index contributed by atoms with van der Waals surface area (Å²) in [5.41, 5.74) is 0.667. The number of likely N-dealkylation sites (N-methyl/N-ethyl adjacent to an activating group) is 1. The van der Waals surface area contributed by atoms with Gasteiger partial charge in [0.05, 0.1) is 0 Å². The molecule has 0 bridgehead atoms. The summed E-state index contributed by atoms with van der Waals surface area (Å²) < 4.78 is 0. The van der Waals surface area contributed by atoms with Crippen molar-refractivity contribution in [2.75, 3.05) is 52.9 Å². The van der Waals surface area contributed by atoms with Gasteiger partial charge in [0.15, 0.2) is 6.61 Å². The van der Waals surface area contributed by atoms with Crippen molar-refractivity contribution in [2.45, 2.75) is 12.5 Å². The zero-order valence-corrected chi connectivity index (χ0v) is 14.7. The summed E-state index contributed by atoms with van der Waals surface area (Å²) in [7, 11) is 2.12. The van der Waals surface area contributed by atoms with Gasteiger partial charge in [-0.1, -0.05) is 30.3 Å². The second kappa shape index (κ2) is 10.1. The van der Waals surface area contributed by atoms with Crippen molar-refractivity contribution < 1.29 is 14.7 Å². The van der Waals surface area contributed by atoms with E-state index in [9.17, 15) is 14.7 Å². The van der Waals surface area contributed by atoms with Crippen LogP contribution in [0.5, 0.6) is 0 Å². The highest BCUT2D eigenvalue weighted by Crippen LogP contribution is 2.12. The van der Waals surface area contributed by atoms with Crippen LogP contribution in [-0.2, 0) is 14.7 Å². The fraction of sp³-hybridized carbons (Fsp3) is 0.556. The summed E-state index contributed by atoms with van der Waals surface area (Å²) in [6, 6.07) is 8.13. The predicted octanol–water partition coefficient (Wildman–Crippen LogP) is 0.0281. The first kappa shape index (κ1) is 19.4. The Morgan fingerprint density at radius 1 is 1.12 bits per heavy atom. The van der Waals surface area contributed by atoms with Gasteiger partial charge < -0.3 is 20.4 Å². The number of benzene rings is 1. The van der Waals surface area contributed by atoms with Crippen LogP contribution in [0.3, 0.4) is 0 Å². The molecule has 2 amide bonds. The molecule has 7 nitrogen and oxygen atoms in total. The zero-order chi connectivity index (χ0) is 18.1. The molecule has 7 heteroatoms. The Morgan fingerprint density at radius 3 is 2.44 bits per heavy atom. The predicted molar refractivity (Wildman–Crippen MR) is 94.4 cm³/mol. The molecule has 1 aromatic carbocycles. The molecule has 1 aliphatic heterocycles. The fourth-order valence-electron chi connectivity index (χ4n) is 2.84. The van der Waals surface area contributed by atoms with E-state index in [1.54, 1.807) is 24.3 Å². The highest BCUT2D eigenvalue weighted by atomic mass is 16.3. The van der Waals surface area contributed by atoms with Crippen molar-refractivity contribution >= 4 is 11.8 Å². The Kier molecular flexibility index (Phi) is 7.84. The summed E-state index contributed by atoms with van der Waals surface area (Å²) in [4.78, 5) is 28.6. The number of hydrogen-bond acceptors (Lipinski definition) is 4. The van der Waals surface area contributed by atoms with Crippen LogP contribution in [0, 0.1) is 0 Å². The highest BCUT2D eigenvalue weighted by molar-refractivity contribution is 5.88. The lowest BCUT2D eigenvalue weighted by Gasteiger charge is -2.32. The lowest BCUT2D eigenvalue weighted by molar-refractivity contribution is -0.131. The Labute approximate surface area is 149 Å². The molecule has 0 saturated carbocycles. The van der Waals surface area contributed by atoms with Crippen molar-refractivity contribution in [3.05, 3.63) is 35.9 Å². The van der Waals surface area contributed by atoms with Gasteiger partial charge in [0, 0.05) is 32.7 Å². The lowest BCUT2D eigenvalue weighted by atomic mass is 10.1. The molecule has 1 radical (unpaired) electrons. The number of piperazine rings is 1. The average Bonchev–Trinajstić information content (AvgIpc) is 2.65. The Morgan fingerprint density at radius 2 is 1.80 bits per heavy atom. The molecule has 0 spiro atoms. The second-order valence-electron chi connectivity index (χ2n) is 6.35. The molecule has 1 heterocycles. The van der Waals surface area contributed by atoms with Gasteiger partial charge in [-0.2, -0.15) is 0 Å². The first-order valence-electron chi connectivity index (χ1n) is 8.71. The molecular formula is C18H27N4O3. The van der Waals surface area contributed by atoms with E-state index < -0.39 is 18.6 Å². The van der Waals surface area contributed by atoms with Crippen molar-refractivity contribution in [2.24, 2.45) is 0 Å². The maximum absolute atomic E-state index is 12.4. The van der Waals surface area contributed by atoms with E-state index in [0.29, 0.717) is 12.1 Å². The third kappa shape index (κ3) is 6.45. The molecule has 137 valence electrons. The van der Waals surface area contributed by atoms with Crippen LogP contribution in [0.1, 0.15) is 18.0 Å². The molecule has 2 N–H and O–H groups in total. The van der Waals surface area contributed by atoms with E-state index in [2.05, 4.69) is 27.5 Å². The minimum Gasteiger partial charge on any atom is -0.354 e. The van der Waals surface area contributed by atoms with Crippen molar-refractivity contribution in [1.29, 1.82) is 0 Å². The van der Waals surface area contributed by atoms with Gasteiger partial charge in [-0.05, 0) is 25.6 Å². The molecule has 0 aliphatic carbocycles. The van der Waals surface area contributed by atoms with Gasteiger partial charge in [0.25, 0.3) is 0 Å². The number of carbonyl (C=O) groups excluding carboxylic acids is 2. The quantitative estimate of drug-likeness (QED) is 0.650. The first-order valence-corrected chi connectivity index (χ1v) is 8.71. The smallest absolute Gasteiger partial charge is 0.250 e. The minimum absolute atomic E-state index is 0.286. The standard InChI is InChI=1S/C18H27N4O3/c1-21-10-12-22(13-11-21)9-5-8-19-18(25)17(20-16(24)14-23)15-6-3-2-4-7-15/h2-4,6-7,17H,5,8-14H2,1H3,(H,19,25)(H,20,24)/t17-/m1/s1. The number of carbonyl (C=O) groups is 2. The maximum atomic E-state index is 12.4. The van der Waals surface area contributed by atoms with E-state index in [-0.39, 0.29) is 5.91 Å². The lowest BCUT2D eigenvalue weighted by Crippen LogP contribution is -2.45. The number of nitrogens with zero attached hydrogens (tertiary/aromatic N) is 2. The molecule has 1 saturated heterocycles. The minimum atomic E-state index is -0.889.